The Bertz CT molecular complexity index is 392. The number of carbonyl (C=O) groups is 2. The molecule has 1 aromatic rings. The van der Waals surface area contributed by atoms with Gasteiger partial charge in [0.25, 0.3) is 5.91 Å². The van der Waals surface area contributed by atoms with Gasteiger partial charge in [-0.1, -0.05) is 30.3 Å². The average Bonchev–Trinajstić information content (AvgIpc) is 2.31. The van der Waals surface area contributed by atoms with E-state index >= 15 is 0 Å². The smallest absolute Gasteiger partial charge is 0.254 e. The highest BCUT2D eigenvalue weighted by atomic mass is 16.5. The molecule has 0 saturated carbocycles. The number of benzene rings is 1. The molecule has 2 unspecified atom stereocenters. The summed E-state index contributed by atoms with van der Waals surface area (Å²) in [6, 6.07) is 8.31. The third-order valence-corrected chi connectivity index (χ3v) is 2.36. The van der Waals surface area contributed by atoms with Crippen LogP contribution in [0.15, 0.2) is 30.3 Å². The number of hydrogen-bond donors (Lipinski definition) is 2. The fourth-order valence-electron chi connectivity index (χ4n) is 1.38. The SMILES string of the molecule is COC(C(=O)NC(C)C(N)=O)c1ccccc1. The van der Waals surface area contributed by atoms with Crippen LogP contribution in [0.3, 0.4) is 0 Å². The highest BCUT2D eigenvalue weighted by Crippen LogP contribution is 2.16. The summed E-state index contributed by atoms with van der Waals surface area (Å²) >= 11 is 0. The molecule has 17 heavy (non-hydrogen) atoms. The molecule has 1 aromatic carbocycles. The fraction of sp³-hybridized carbons (Fsp3) is 0.333. The van der Waals surface area contributed by atoms with Crippen molar-refractivity contribution in [2.75, 3.05) is 7.11 Å². The van der Waals surface area contributed by atoms with Crippen LogP contribution in [0.1, 0.15) is 18.6 Å². The van der Waals surface area contributed by atoms with E-state index in [1.165, 1.54) is 14.0 Å². The molecule has 0 radical (unpaired) electrons. The number of carbonyl (C=O) groups excluding carboxylic acids is 2. The van der Waals surface area contributed by atoms with Gasteiger partial charge in [-0.25, -0.2) is 0 Å². The Kier molecular flexibility index (Phi) is 4.66. The van der Waals surface area contributed by atoms with E-state index < -0.39 is 18.1 Å². The number of methoxy groups -OCH3 is 1. The number of nitrogens with one attached hydrogen (secondary N) is 1. The second-order valence-corrected chi connectivity index (χ2v) is 3.66. The van der Waals surface area contributed by atoms with Crippen molar-refractivity contribution in [1.82, 2.24) is 5.32 Å². The van der Waals surface area contributed by atoms with Crippen LogP contribution in [0.4, 0.5) is 0 Å². The molecule has 0 heterocycles. The van der Waals surface area contributed by atoms with E-state index in [0.29, 0.717) is 0 Å². The molecule has 5 heteroatoms. The first-order valence-corrected chi connectivity index (χ1v) is 5.23. The Labute approximate surface area is 99.9 Å². The first kappa shape index (κ1) is 13.2. The summed E-state index contributed by atoms with van der Waals surface area (Å²) in [5, 5.41) is 2.49. The average molecular weight is 236 g/mol. The highest BCUT2D eigenvalue weighted by Gasteiger charge is 2.22. The van der Waals surface area contributed by atoms with Gasteiger partial charge >= 0.3 is 0 Å². The molecule has 2 amide bonds. The van der Waals surface area contributed by atoms with Crippen molar-refractivity contribution >= 4 is 11.8 Å². The maximum Gasteiger partial charge on any atom is 0.254 e. The maximum absolute atomic E-state index is 11.8. The molecule has 0 spiro atoms. The molecule has 0 bridgehead atoms. The third kappa shape index (κ3) is 3.57. The van der Waals surface area contributed by atoms with Crippen molar-refractivity contribution in [1.29, 1.82) is 0 Å². The molecular formula is C12H16N2O3. The molecular weight excluding hydrogens is 220 g/mol. The van der Waals surface area contributed by atoms with Crippen LogP contribution in [-0.2, 0) is 14.3 Å². The van der Waals surface area contributed by atoms with E-state index in [4.69, 9.17) is 10.5 Å². The minimum absolute atomic E-state index is 0.384. The van der Waals surface area contributed by atoms with Crippen molar-refractivity contribution in [2.24, 2.45) is 5.73 Å². The Morgan fingerprint density at radius 1 is 1.29 bits per heavy atom. The van der Waals surface area contributed by atoms with Crippen molar-refractivity contribution < 1.29 is 14.3 Å². The largest absolute Gasteiger partial charge is 0.368 e. The molecule has 1 rings (SSSR count). The topological polar surface area (TPSA) is 81.4 Å². The zero-order chi connectivity index (χ0) is 12.8. The number of ether oxygens (including phenoxy) is 1. The summed E-state index contributed by atoms with van der Waals surface area (Å²) in [5.74, 6) is -0.966. The van der Waals surface area contributed by atoms with Gasteiger partial charge in [-0.2, -0.15) is 0 Å². The highest BCUT2D eigenvalue weighted by molar-refractivity contribution is 5.88. The first-order chi connectivity index (χ1) is 8.06. The van der Waals surface area contributed by atoms with Crippen LogP contribution in [0, 0.1) is 0 Å². The number of hydrogen-bond acceptors (Lipinski definition) is 3. The van der Waals surface area contributed by atoms with Crippen molar-refractivity contribution in [3.05, 3.63) is 35.9 Å². The first-order valence-electron chi connectivity index (χ1n) is 5.23. The number of rotatable bonds is 5. The number of primary amides is 1. The standard InChI is InChI=1S/C12H16N2O3/c1-8(11(13)15)14-12(16)10(17-2)9-6-4-3-5-7-9/h3-8,10H,1-2H3,(H2,13,15)(H,14,16). The summed E-state index contributed by atoms with van der Waals surface area (Å²) < 4.78 is 5.11. The van der Waals surface area contributed by atoms with Crippen LogP contribution in [0.25, 0.3) is 0 Å². The predicted molar refractivity (Wildman–Crippen MR) is 63.0 cm³/mol. The van der Waals surface area contributed by atoms with Gasteiger partial charge in [0.1, 0.15) is 6.04 Å². The van der Waals surface area contributed by atoms with E-state index in [0.717, 1.165) is 5.56 Å². The van der Waals surface area contributed by atoms with Crippen LogP contribution in [0.5, 0.6) is 0 Å². The molecule has 0 fully saturated rings. The number of nitrogens with two attached hydrogens (primary N) is 1. The fourth-order valence-corrected chi connectivity index (χ4v) is 1.38. The Morgan fingerprint density at radius 2 is 1.88 bits per heavy atom. The van der Waals surface area contributed by atoms with E-state index in [-0.39, 0.29) is 5.91 Å². The van der Waals surface area contributed by atoms with E-state index in [1.54, 1.807) is 12.1 Å². The molecule has 0 aliphatic carbocycles. The van der Waals surface area contributed by atoms with Crippen LogP contribution in [-0.4, -0.2) is 25.0 Å². The molecule has 3 N–H and O–H groups in total. The monoisotopic (exact) mass is 236 g/mol. The van der Waals surface area contributed by atoms with Gasteiger partial charge in [-0.15, -0.1) is 0 Å². The minimum Gasteiger partial charge on any atom is -0.368 e. The van der Waals surface area contributed by atoms with Gasteiger partial charge in [0.05, 0.1) is 0 Å². The van der Waals surface area contributed by atoms with Gasteiger partial charge < -0.3 is 15.8 Å². The molecule has 0 aliphatic heterocycles. The lowest BCUT2D eigenvalue weighted by atomic mass is 10.1. The van der Waals surface area contributed by atoms with E-state index in [9.17, 15) is 9.59 Å². The second kappa shape index (κ2) is 6.00. The van der Waals surface area contributed by atoms with Crippen LogP contribution in [0.2, 0.25) is 0 Å². The molecule has 0 aromatic heterocycles. The summed E-state index contributed by atoms with van der Waals surface area (Å²) in [6.45, 7) is 1.53. The molecule has 2 atom stereocenters. The quantitative estimate of drug-likeness (QED) is 0.774. The Balaban J connectivity index is 2.75. The zero-order valence-electron chi connectivity index (χ0n) is 9.84. The van der Waals surface area contributed by atoms with Crippen LogP contribution >= 0.6 is 0 Å². The minimum atomic E-state index is -0.738. The lowest BCUT2D eigenvalue weighted by Crippen LogP contribution is -2.44. The Hall–Kier alpha value is -1.88. The summed E-state index contributed by atoms with van der Waals surface area (Å²) in [6.07, 6.45) is -0.738. The normalized spacial score (nSPS) is 13.8. The lowest BCUT2D eigenvalue weighted by Gasteiger charge is -2.17. The number of amides is 2. The molecule has 0 aliphatic rings. The zero-order valence-corrected chi connectivity index (χ0v) is 9.84. The second-order valence-electron chi connectivity index (χ2n) is 3.66. The molecule has 0 saturated heterocycles. The van der Waals surface area contributed by atoms with Gasteiger partial charge in [-0.05, 0) is 12.5 Å². The molecule has 92 valence electrons. The summed E-state index contributed by atoms with van der Waals surface area (Å²) in [4.78, 5) is 22.7. The predicted octanol–water partition coefficient (Wildman–Crippen LogP) is 0.364. The van der Waals surface area contributed by atoms with Crippen molar-refractivity contribution in [2.45, 2.75) is 19.1 Å². The van der Waals surface area contributed by atoms with Crippen LogP contribution < -0.4 is 11.1 Å². The maximum atomic E-state index is 11.8. The van der Waals surface area contributed by atoms with Crippen molar-refractivity contribution in [3.63, 3.8) is 0 Å². The summed E-state index contributed by atoms with van der Waals surface area (Å²) in [7, 11) is 1.44. The molecule has 5 nitrogen and oxygen atoms in total. The Morgan fingerprint density at radius 3 is 2.35 bits per heavy atom. The van der Waals surface area contributed by atoms with E-state index in [1.807, 2.05) is 18.2 Å². The third-order valence-electron chi connectivity index (χ3n) is 2.36. The van der Waals surface area contributed by atoms with Gasteiger partial charge in [0.15, 0.2) is 6.10 Å². The summed E-state index contributed by atoms with van der Waals surface area (Å²) in [5.41, 5.74) is 5.80. The van der Waals surface area contributed by atoms with Gasteiger partial charge in [0.2, 0.25) is 5.91 Å². The van der Waals surface area contributed by atoms with Gasteiger partial charge in [-0.3, -0.25) is 9.59 Å². The van der Waals surface area contributed by atoms with Crippen molar-refractivity contribution in [3.8, 4) is 0 Å². The van der Waals surface area contributed by atoms with Gasteiger partial charge in [0, 0.05) is 7.11 Å². The lowest BCUT2D eigenvalue weighted by molar-refractivity contribution is -0.134. The van der Waals surface area contributed by atoms with E-state index in [2.05, 4.69) is 5.32 Å².